The lowest BCUT2D eigenvalue weighted by Crippen LogP contribution is -2.24. The molecule has 0 amide bonds. The molecule has 0 aliphatic carbocycles. The molecule has 154 valence electrons. The molecule has 0 saturated carbocycles. The van der Waals surface area contributed by atoms with E-state index in [2.05, 4.69) is 12.0 Å². The Labute approximate surface area is 166 Å². The molecule has 0 radical (unpaired) electrons. The Morgan fingerprint density at radius 2 is 1.86 bits per heavy atom. The van der Waals surface area contributed by atoms with Crippen molar-refractivity contribution in [2.75, 3.05) is 6.61 Å². The van der Waals surface area contributed by atoms with Crippen LogP contribution in [-0.4, -0.2) is 28.5 Å². The van der Waals surface area contributed by atoms with E-state index in [1.54, 1.807) is 0 Å². The molecule has 1 atom stereocenters. The van der Waals surface area contributed by atoms with Gasteiger partial charge in [-0.2, -0.15) is 0 Å². The van der Waals surface area contributed by atoms with E-state index in [1.165, 1.54) is 11.6 Å². The number of esters is 1. The Balaban J connectivity index is 1.99. The molecule has 1 aromatic heterocycles. The van der Waals surface area contributed by atoms with Gasteiger partial charge in [0, 0.05) is 13.5 Å². The lowest BCUT2D eigenvalue weighted by Gasteiger charge is -2.13. The van der Waals surface area contributed by atoms with Gasteiger partial charge in [-0.15, -0.1) is 5.10 Å². The van der Waals surface area contributed by atoms with Gasteiger partial charge in [-0.3, -0.25) is 9.59 Å². The summed E-state index contributed by atoms with van der Waals surface area (Å²) in [5.41, 5.74) is -0.0605. The molecule has 0 aliphatic heterocycles. The number of rotatable bonds is 12. The third kappa shape index (κ3) is 6.66. The zero-order valence-corrected chi connectivity index (χ0v) is 17.3. The van der Waals surface area contributed by atoms with Gasteiger partial charge < -0.3 is 9.47 Å². The molecule has 1 unspecified atom stereocenters. The lowest BCUT2D eigenvalue weighted by molar-refractivity contribution is -0.145. The van der Waals surface area contributed by atoms with Crippen molar-refractivity contribution in [3.05, 3.63) is 34.6 Å². The predicted molar refractivity (Wildman–Crippen MR) is 111 cm³/mol. The van der Waals surface area contributed by atoms with E-state index < -0.39 is 0 Å². The van der Waals surface area contributed by atoms with Crippen LogP contribution < -0.4 is 10.3 Å². The van der Waals surface area contributed by atoms with Crippen molar-refractivity contribution in [3.63, 3.8) is 0 Å². The third-order valence-electron chi connectivity index (χ3n) is 4.67. The van der Waals surface area contributed by atoms with Crippen LogP contribution in [0, 0.1) is 0 Å². The van der Waals surface area contributed by atoms with Crippen molar-refractivity contribution in [1.29, 1.82) is 0 Å². The second-order valence-corrected chi connectivity index (χ2v) is 7.20. The number of aryl methyl sites for hydroxylation is 1. The molecule has 2 aromatic rings. The number of fused-ring (bicyclic) bond motifs is 1. The van der Waals surface area contributed by atoms with Crippen LogP contribution in [0.15, 0.2) is 29.1 Å². The first-order chi connectivity index (χ1) is 13.5. The molecule has 0 bridgehead atoms. The topological polar surface area (TPSA) is 70.4 Å². The molecule has 0 saturated heterocycles. The highest BCUT2D eigenvalue weighted by Crippen LogP contribution is 2.20. The van der Waals surface area contributed by atoms with Crippen LogP contribution in [0.1, 0.15) is 65.7 Å². The number of aromatic nitrogens is 2. The Bertz CT molecular complexity index is 816. The molecule has 1 heterocycles. The lowest BCUT2D eigenvalue weighted by atomic mass is 10.2. The fraction of sp³-hybridized carbons (Fsp3) is 0.591. The molecule has 0 spiro atoms. The zero-order chi connectivity index (χ0) is 20.4. The molecule has 28 heavy (non-hydrogen) atoms. The molecular formula is C22H32N2O4. The van der Waals surface area contributed by atoms with Gasteiger partial charge in [-0.25, -0.2) is 4.68 Å². The highest BCUT2D eigenvalue weighted by atomic mass is 16.5. The monoisotopic (exact) mass is 388 g/mol. The van der Waals surface area contributed by atoms with Gasteiger partial charge >= 0.3 is 5.97 Å². The van der Waals surface area contributed by atoms with E-state index in [9.17, 15) is 9.59 Å². The van der Waals surface area contributed by atoms with Gasteiger partial charge in [0.05, 0.1) is 23.5 Å². The van der Waals surface area contributed by atoms with Gasteiger partial charge in [-0.1, -0.05) is 38.3 Å². The molecule has 1 aromatic carbocycles. The van der Waals surface area contributed by atoms with Crippen LogP contribution in [0.5, 0.6) is 5.88 Å². The van der Waals surface area contributed by atoms with Gasteiger partial charge in [0.2, 0.25) is 5.88 Å². The van der Waals surface area contributed by atoms with Crippen molar-refractivity contribution in [1.82, 2.24) is 9.78 Å². The number of hydrogen-bond donors (Lipinski definition) is 0. The fourth-order valence-corrected chi connectivity index (χ4v) is 3.20. The van der Waals surface area contributed by atoms with E-state index in [-0.39, 0.29) is 17.6 Å². The average Bonchev–Trinajstić information content (AvgIpc) is 2.67. The maximum Gasteiger partial charge on any atom is 0.302 e. The van der Waals surface area contributed by atoms with Crippen molar-refractivity contribution in [2.24, 2.45) is 0 Å². The summed E-state index contributed by atoms with van der Waals surface area (Å²) < 4.78 is 12.6. The highest BCUT2D eigenvalue weighted by Gasteiger charge is 2.11. The number of benzene rings is 1. The van der Waals surface area contributed by atoms with E-state index in [0.717, 1.165) is 50.3 Å². The highest BCUT2D eigenvalue weighted by molar-refractivity contribution is 5.85. The Hall–Kier alpha value is -2.37. The van der Waals surface area contributed by atoms with Crippen LogP contribution in [-0.2, 0) is 16.1 Å². The summed E-state index contributed by atoms with van der Waals surface area (Å²) in [7, 11) is 0. The standard InChI is InChI=1S/C22H32N2O4/c1-4-5-6-10-15-24-22(26)20-14-8-7-13-19(20)21(23-24)27-16-11-9-12-17(2)28-18(3)25/h7-8,13-14,17H,4-6,9-12,15-16H2,1-3H3. The third-order valence-corrected chi connectivity index (χ3v) is 4.67. The molecule has 2 rings (SSSR count). The van der Waals surface area contributed by atoms with E-state index in [1.807, 2.05) is 31.2 Å². The summed E-state index contributed by atoms with van der Waals surface area (Å²) in [6, 6.07) is 7.47. The van der Waals surface area contributed by atoms with Gasteiger partial charge in [0.1, 0.15) is 0 Å². The van der Waals surface area contributed by atoms with Crippen molar-refractivity contribution in [3.8, 4) is 5.88 Å². The maximum absolute atomic E-state index is 12.7. The first-order valence-corrected chi connectivity index (χ1v) is 10.3. The van der Waals surface area contributed by atoms with E-state index >= 15 is 0 Å². The Kier molecular flexibility index (Phi) is 8.98. The first-order valence-electron chi connectivity index (χ1n) is 10.3. The minimum absolute atomic E-state index is 0.0605. The first kappa shape index (κ1) is 21.9. The molecule has 6 nitrogen and oxygen atoms in total. The normalized spacial score (nSPS) is 12.1. The number of nitrogens with zero attached hydrogens (tertiary/aromatic N) is 2. The van der Waals surface area contributed by atoms with E-state index in [4.69, 9.17) is 9.47 Å². The van der Waals surface area contributed by atoms with Crippen molar-refractivity contribution >= 4 is 16.7 Å². The molecule has 0 aliphatic rings. The quantitative estimate of drug-likeness (QED) is 0.396. The SMILES string of the molecule is CCCCCCn1nc(OCCCCC(C)OC(C)=O)c2ccccc2c1=O. The number of carbonyl (C=O) groups is 1. The van der Waals surface area contributed by atoms with Gasteiger partial charge in [0.15, 0.2) is 0 Å². The Morgan fingerprint density at radius 3 is 2.57 bits per heavy atom. The average molecular weight is 389 g/mol. The van der Waals surface area contributed by atoms with Crippen molar-refractivity contribution in [2.45, 2.75) is 78.4 Å². The second kappa shape index (κ2) is 11.5. The summed E-state index contributed by atoms with van der Waals surface area (Å²) in [6.45, 7) is 6.61. The van der Waals surface area contributed by atoms with Crippen LogP contribution in [0.3, 0.4) is 0 Å². The summed E-state index contributed by atoms with van der Waals surface area (Å²) >= 11 is 0. The summed E-state index contributed by atoms with van der Waals surface area (Å²) in [5.74, 6) is 0.263. The van der Waals surface area contributed by atoms with Gasteiger partial charge in [0.25, 0.3) is 5.56 Å². The molecule has 0 fully saturated rings. The summed E-state index contributed by atoms with van der Waals surface area (Å²) in [6.07, 6.45) is 6.79. The minimum atomic E-state index is -0.249. The van der Waals surface area contributed by atoms with E-state index in [0.29, 0.717) is 24.4 Å². The minimum Gasteiger partial charge on any atom is -0.476 e. The van der Waals surface area contributed by atoms with Crippen LogP contribution in [0.4, 0.5) is 0 Å². The van der Waals surface area contributed by atoms with Gasteiger partial charge in [-0.05, 0) is 44.7 Å². The molecular weight excluding hydrogens is 356 g/mol. The number of hydrogen-bond acceptors (Lipinski definition) is 5. The van der Waals surface area contributed by atoms with Crippen LogP contribution in [0.25, 0.3) is 10.8 Å². The van der Waals surface area contributed by atoms with Crippen LogP contribution >= 0.6 is 0 Å². The molecule has 0 N–H and O–H groups in total. The van der Waals surface area contributed by atoms with Crippen molar-refractivity contribution < 1.29 is 14.3 Å². The Morgan fingerprint density at radius 1 is 1.11 bits per heavy atom. The summed E-state index contributed by atoms with van der Waals surface area (Å²) in [5, 5.41) is 5.88. The maximum atomic E-state index is 12.7. The number of unbranched alkanes of at least 4 members (excludes halogenated alkanes) is 4. The number of carbonyl (C=O) groups excluding carboxylic acids is 1. The number of ether oxygens (including phenoxy) is 2. The smallest absolute Gasteiger partial charge is 0.302 e. The summed E-state index contributed by atoms with van der Waals surface area (Å²) in [4.78, 5) is 23.6. The second-order valence-electron chi connectivity index (χ2n) is 7.20. The van der Waals surface area contributed by atoms with Crippen LogP contribution in [0.2, 0.25) is 0 Å². The fourth-order valence-electron chi connectivity index (χ4n) is 3.20. The molecule has 6 heteroatoms. The zero-order valence-electron chi connectivity index (χ0n) is 17.3. The predicted octanol–water partition coefficient (Wildman–Crippen LogP) is 4.48. The largest absolute Gasteiger partial charge is 0.476 e.